The van der Waals surface area contributed by atoms with Crippen molar-refractivity contribution in [2.24, 2.45) is 0 Å². The molecule has 0 saturated carbocycles. The largest absolute Gasteiger partial charge is 0.325 e. The highest BCUT2D eigenvalue weighted by atomic mass is 32.2. The molecule has 0 fully saturated rings. The smallest absolute Gasteiger partial charge is 0.238 e. The second-order valence-electron chi connectivity index (χ2n) is 6.20. The highest BCUT2D eigenvalue weighted by molar-refractivity contribution is 8.01. The summed E-state index contributed by atoms with van der Waals surface area (Å²) in [5, 5.41) is 4.99. The molecule has 0 aliphatic carbocycles. The van der Waals surface area contributed by atoms with Gasteiger partial charge in [-0.25, -0.2) is 4.98 Å². The summed E-state index contributed by atoms with van der Waals surface area (Å²) in [4.78, 5) is 19.4. The first-order valence-corrected chi connectivity index (χ1v) is 10.1. The minimum absolute atomic E-state index is 0.0569. The molecule has 2 aromatic heterocycles. The van der Waals surface area contributed by atoms with E-state index in [4.69, 9.17) is 0 Å². The third-order valence-electron chi connectivity index (χ3n) is 4.48. The second-order valence-corrected chi connectivity index (χ2v) is 8.32. The van der Waals surface area contributed by atoms with Crippen molar-refractivity contribution in [1.29, 1.82) is 0 Å². The Morgan fingerprint density at radius 1 is 1.15 bits per heavy atom. The molecule has 6 heteroatoms. The summed E-state index contributed by atoms with van der Waals surface area (Å²) < 4.78 is 2.02. The third-order valence-corrected chi connectivity index (χ3v) is 6.57. The Labute approximate surface area is 158 Å². The lowest BCUT2D eigenvalue weighted by atomic mass is 10.1. The zero-order chi connectivity index (χ0) is 17.5. The van der Waals surface area contributed by atoms with Gasteiger partial charge in [0, 0.05) is 33.9 Å². The highest BCUT2D eigenvalue weighted by Crippen LogP contribution is 2.37. The van der Waals surface area contributed by atoms with Gasteiger partial charge in [0.2, 0.25) is 5.91 Å². The van der Waals surface area contributed by atoms with Crippen molar-refractivity contribution >= 4 is 39.7 Å². The molecule has 1 atom stereocenters. The molecule has 3 heterocycles. The van der Waals surface area contributed by atoms with E-state index in [0.717, 1.165) is 28.3 Å². The van der Waals surface area contributed by atoms with Crippen molar-refractivity contribution in [3.05, 3.63) is 71.9 Å². The summed E-state index contributed by atoms with van der Waals surface area (Å²) in [5.74, 6) is 0.0569. The molecule has 1 amide bonds. The molecule has 1 unspecified atom stereocenters. The number of hydrogen-bond acceptors (Lipinski definition) is 4. The molecule has 0 radical (unpaired) electrons. The molecule has 1 aliphatic rings. The molecular formula is C20H15N3OS2. The van der Waals surface area contributed by atoms with E-state index in [-0.39, 0.29) is 11.2 Å². The van der Waals surface area contributed by atoms with Crippen molar-refractivity contribution in [3.8, 4) is 11.3 Å². The van der Waals surface area contributed by atoms with E-state index >= 15 is 0 Å². The fourth-order valence-corrected chi connectivity index (χ4v) is 5.04. The van der Waals surface area contributed by atoms with E-state index in [1.54, 1.807) is 23.1 Å². The van der Waals surface area contributed by atoms with Crippen molar-refractivity contribution in [2.45, 2.75) is 16.6 Å². The van der Waals surface area contributed by atoms with Crippen molar-refractivity contribution in [1.82, 2.24) is 9.38 Å². The second kappa shape index (κ2) is 6.30. The van der Waals surface area contributed by atoms with Gasteiger partial charge in [-0.3, -0.25) is 9.20 Å². The first-order valence-electron chi connectivity index (χ1n) is 8.34. The lowest BCUT2D eigenvalue weighted by Crippen LogP contribution is -2.24. The average molecular weight is 377 g/mol. The van der Waals surface area contributed by atoms with Gasteiger partial charge >= 0.3 is 0 Å². The van der Waals surface area contributed by atoms with E-state index in [9.17, 15) is 4.79 Å². The number of rotatable bonds is 3. The molecule has 1 aliphatic heterocycles. The summed E-state index contributed by atoms with van der Waals surface area (Å²) in [5.41, 5.74) is 4.06. The van der Waals surface area contributed by atoms with E-state index < -0.39 is 0 Å². The summed E-state index contributed by atoms with van der Waals surface area (Å²) in [6.45, 7) is 0. The van der Waals surface area contributed by atoms with Gasteiger partial charge in [-0.05, 0) is 30.2 Å². The molecule has 0 saturated heterocycles. The molecule has 4 aromatic rings. The van der Waals surface area contributed by atoms with Gasteiger partial charge in [-0.2, -0.15) is 0 Å². The van der Waals surface area contributed by atoms with Crippen LogP contribution in [0.15, 0.2) is 71.2 Å². The number of anilines is 1. The van der Waals surface area contributed by atoms with Gasteiger partial charge in [-0.1, -0.05) is 30.3 Å². The van der Waals surface area contributed by atoms with Crippen molar-refractivity contribution < 1.29 is 4.79 Å². The van der Waals surface area contributed by atoms with Crippen LogP contribution in [0.2, 0.25) is 0 Å². The highest BCUT2D eigenvalue weighted by Gasteiger charge is 2.27. The van der Waals surface area contributed by atoms with Gasteiger partial charge in [-0.15, -0.1) is 23.1 Å². The Balaban J connectivity index is 1.29. The quantitative estimate of drug-likeness (QED) is 0.562. The maximum atomic E-state index is 12.6. The normalized spacial score (nSPS) is 15.9. The molecule has 5 rings (SSSR count). The van der Waals surface area contributed by atoms with Crippen LogP contribution in [-0.2, 0) is 11.2 Å². The van der Waals surface area contributed by atoms with Gasteiger partial charge in [0.05, 0.1) is 10.9 Å². The molecule has 2 aromatic carbocycles. The average Bonchev–Trinajstić information content (AvgIpc) is 3.36. The molecule has 4 nitrogen and oxygen atoms in total. The fourth-order valence-electron chi connectivity index (χ4n) is 3.14. The Kier molecular flexibility index (Phi) is 3.80. The van der Waals surface area contributed by atoms with Gasteiger partial charge in [0.25, 0.3) is 0 Å². The van der Waals surface area contributed by atoms with Crippen molar-refractivity contribution in [2.75, 3.05) is 5.32 Å². The lowest BCUT2D eigenvalue weighted by Gasteiger charge is -2.10. The zero-order valence-corrected chi connectivity index (χ0v) is 15.4. The number of hydrogen-bond donors (Lipinski definition) is 1. The number of fused-ring (bicyclic) bond motifs is 2. The molecule has 0 spiro atoms. The van der Waals surface area contributed by atoms with Crippen LogP contribution in [0.4, 0.5) is 5.69 Å². The number of aromatic nitrogens is 2. The summed E-state index contributed by atoms with van der Waals surface area (Å²) >= 11 is 3.26. The van der Waals surface area contributed by atoms with Crippen LogP contribution >= 0.6 is 23.1 Å². The van der Waals surface area contributed by atoms with Crippen LogP contribution < -0.4 is 5.32 Å². The Morgan fingerprint density at radius 3 is 2.81 bits per heavy atom. The van der Waals surface area contributed by atoms with E-state index in [1.165, 1.54) is 10.5 Å². The van der Waals surface area contributed by atoms with Crippen LogP contribution in [0.5, 0.6) is 0 Å². The van der Waals surface area contributed by atoms with E-state index in [1.807, 2.05) is 58.6 Å². The van der Waals surface area contributed by atoms with Crippen LogP contribution in [0.1, 0.15) is 5.56 Å². The third kappa shape index (κ3) is 2.81. The predicted octanol–water partition coefficient (Wildman–Crippen LogP) is 4.72. The number of amides is 1. The zero-order valence-electron chi connectivity index (χ0n) is 13.8. The summed E-state index contributed by atoms with van der Waals surface area (Å²) in [7, 11) is 0. The number of imidazole rings is 1. The monoisotopic (exact) mass is 377 g/mol. The SMILES string of the molecule is O=C(Nc1ccc(-c2cn3ccsc3n2)cc1)C1Cc2ccccc2S1. The molecule has 1 N–H and O–H groups in total. The number of nitrogens with zero attached hydrogens (tertiary/aromatic N) is 2. The maximum Gasteiger partial charge on any atom is 0.238 e. The number of carbonyl (C=O) groups excluding carboxylic acids is 1. The standard InChI is InChI=1S/C20H15N3OS2/c24-19(18-11-14-3-1-2-4-17(14)26-18)21-15-7-5-13(6-8-15)16-12-23-9-10-25-20(23)22-16/h1-10,12,18H,11H2,(H,21,24). The Morgan fingerprint density at radius 2 is 2.00 bits per heavy atom. The molecule has 0 bridgehead atoms. The van der Waals surface area contributed by atoms with Crippen LogP contribution in [0, 0.1) is 0 Å². The van der Waals surface area contributed by atoms with Gasteiger partial charge < -0.3 is 5.32 Å². The predicted molar refractivity (Wildman–Crippen MR) is 107 cm³/mol. The Bertz CT molecular complexity index is 1040. The van der Waals surface area contributed by atoms with Gasteiger partial charge in [0.1, 0.15) is 0 Å². The number of thioether (sulfide) groups is 1. The number of carbonyl (C=O) groups is 1. The van der Waals surface area contributed by atoms with Gasteiger partial charge in [0.15, 0.2) is 4.96 Å². The number of thiazole rings is 1. The van der Waals surface area contributed by atoms with Crippen LogP contribution in [-0.4, -0.2) is 20.5 Å². The topological polar surface area (TPSA) is 46.4 Å². The maximum absolute atomic E-state index is 12.6. The summed E-state index contributed by atoms with van der Waals surface area (Å²) in [6, 6.07) is 16.1. The summed E-state index contributed by atoms with van der Waals surface area (Å²) in [6.07, 6.45) is 4.81. The minimum atomic E-state index is -0.0630. The molecule has 26 heavy (non-hydrogen) atoms. The Hall–Kier alpha value is -2.57. The van der Waals surface area contributed by atoms with Crippen LogP contribution in [0.25, 0.3) is 16.2 Å². The van der Waals surface area contributed by atoms with E-state index in [2.05, 4.69) is 22.4 Å². The first kappa shape index (κ1) is 15.7. The molecular weight excluding hydrogens is 362 g/mol. The fraction of sp³-hybridized carbons (Fsp3) is 0.100. The molecule has 128 valence electrons. The minimum Gasteiger partial charge on any atom is -0.325 e. The number of nitrogens with one attached hydrogen (secondary N) is 1. The lowest BCUT2D eigenvalue weighted by molar-refractivity contribution is -0.115. The first-order chi connectivity index (χ1) is 12.8. The number of benzene rings is 2. The van der Waals surface area contributed by atoms with Crippen molar-refractivity contribution in [3.63, 3.8) is 0 Å². The van der Waals surface area contributed by atoms with Crippen LogP contribution in [0.3, 0.4) is 0 Å². The van der Waals surface area contributed by atoms with E-state index in [0.29, 0.717) is 0 Å².